The first-order valence-electron chi connectivity index (χ1n) is 10.9. The van der Waals surface area contributed by atoms with Gasteiger partial charge in [0.1, 0.15) is 17.9 Å². The summed E-state index contributed by atoms with van der Waals surface area (Å²) >= 11 is 0. The molecule has 0 saturated carbocycles. The molecule has 5 aromatic rings. The van der Waals surface area contributed by atoms with Crippen molar-refractivity contribution in [2.45, 2.75) is 13.5 Å². The number of para-hydroxylation sites is 1. The Morgan fingerprint density at radius 3 is 2.56 bits per heavy atom. The van der Waals surface area contributed by atoms with Crippen LogP contribution in [0.1, 0.15) is 12.5 Å². The molecule has 0 unspecified atom stereocenters. The molecule has 5 rings (SSSR count). The highest BCUT2D eigenvalue weighted by atomic mass is 16.5. The maximum absolute atomic E-state index is 5.61. The van der Waals surface area contributed by atoms with Gasteiger partial charge >= 0.3 is 0 Å². The molecule has 3 aromatic carbocycles. The van der Waals surface area contributed by atoms with Crippen molar-refractivity contribution in [3.05, 3.63) is 84.7 Å². The molecular weight excluding hydrogens is 396 g/mol. The second-order valence-electron chi connectivity index (χ2n) is 8.18. The van der Waals surface area contributed by atoms with Crippen LogP contribution in [0, 0.1) is 0 Å². The molecule has 5 nitrogen and oxygen atoms in total. The highest BCUT2D eigenvalue weighted by Crippen LogP contribution is 2.29. The Kier molecular flexibility index (Phi) is 5.33. The Morgan fingerprint density at radius 2 is 1.78 bits per heavy atom. The molecule has 2 heterocycles. The first-order chi connectivity index (χ1) is 15.6. The SMILES string of the molecule is CCOc1ccc2c(c1)ncn2-c1ccc2cccc(-c3ccc(CN(C)C)cc3)c2n1. The molecule has 32 heavy (non-hydrogen) atoms. The molecule has 0 bridgehead atoms. The number of imidazole rings is 1. The minimum Gasteiger partial charge on any atom is -0.494 e. The molecule has 0 radical (unpaired) electrons. The second kappa shape index (κ2) is 8.44. The predicted molar refractivity (Wildman–Crippen MR) is 130 cm³/mol. The lowest BCUT2D eigenvalue weighted by Crippen LogP contribution is -2.10. The monoisotopic (exact) mass is 422 g/mol. The van der Waals surface area contributed by atoms with Crippen LogP contribution in [0.25, 0.3) is 38.9 Å². The highest BCUT2D eigenvalue weighted by molar-refractivity contribution is 5.94. The number of hydrogen-bond acceptors (Lipinski definition) is 4. The molecule has 0 saturated heterocycles. The molecule has 0 fully saturated rings. The van der Waals surface area contributed by atoms with Crippen LogP contribution in [0.5, 0.6) is 5.75 Å². The summed E-state index contributed by atoms with van der Waals surface area (Å²) in [5.41, 5.74) is 6.47. The molecule has 0 aliphatic heterocycles. The van der Waals surface area contributed by atoms with Crippen molar-refractivity contribution in [1.82, 2.24) is 19.4 Å². The third-order valence-electron chi connectivity index (χ3n) is 5.55. The zero-order valence-corrected chi connectivity index (χ0v) is 18.6. The van der Waals surface area contributed by atoms with Gasteiger partial charge in [-0.2, -0.15) is 0 Å². The summed E-state index contributed by atoms with van der Waals surface area (Å²) in [6.07, 6.45) is 1.83. The van der Waals surface area contributed by atoms with Crippen LogP contribution in [0.15, 0.2) is 79.1 Å². The minimum absolute atomic E-state index is 0.636. The van der Waals surface area contributed by atoms with Crippen LogP contribution < -0.4 is 4.74 Å². The molecular formula is C27H26N4O. The first-order valence-corrected chi connectivity index (χ1v) is 10.9. The number of benzene rings is 3. The van der Waals surface area contributed by atoms with Crippen LogP contribution in [0.3, 0.4) is 0 Å². The number of ether oxygens (including phenoxy) is 1. The van der Waals surface area contributed by atoms with Crippen molar-refractivity contribution in [1.29, 1.82) is 0 Å². The molecule has 2 aromatic heterocycles. The van der Waals surface area contributed by atoms with Crippen LogP contribution in [0.2, 0.25) is 0 Å². The minimum atomic E-state index is 0.636. The van der Waals surface area contributed by atoms with E-state index < -0.39 is 0 Å². The van der Waals surface area contributed by atoms with Gasteiger partial charge in [0.2, 0.25) is 0 Å². The molecule has 160 valence electrons. The van der Waals surface area contributed by atoms with Crippen molar-refractivity contribution in [3.63, 3.8) is 0 Å². The average molecular weight is 423 g/mol. The van der Waals surface area contributed by atoms with E-state index in [0.717, 1.165) is 45.6 Å². The van der Waals surface area contributed by atoms with E-state index in [2.05, 4.69) is 72.5 Å². The molecule has 5 heteroatoms. The molecule has 0 aliphatic carbocycles. The Morgan fingerprint density at radius 1 is 0.938 bits per heavy atom. The maximum Gasteiger partial charge on any atom is 0.139 e. The Balaban J connectivity index is 1.58. The number of pyridine rings is 1. The van der Waals surface area contributed by atoms with Gasteiger partial charge in [0.05, 0.1) is 23.2 Å². The van der Waals surface area contributed by atoms with E-state index in [1.165, 1.54) is 11.1 Å². The predicted octanol–water partition coefficient (Wildman–Crippen LogP) is 5.70. The van der Waals surface area contributed by atoms with Crippen LogP contribution >= 0.6 is 0 Å². The van der Waals surface area contributed by atoms with Gasteiger partial charge in [0, 0.05) is 23.6 Å². The van der Waals surface area contributed by atoms with Crippen molar-refractivity contribution in [2.24, 2.45) is 0 Å². The summed E-state index contributed by atoms with van der Waals surface area (Å²) in [6.45, 7) is 3.55. The molecule has 0 spiro atoms. The molecule has 0 N–H and O–H groups in total. The molecule has 0 amide bonds. The number of fused-ring (bicyclic) bond motifs is 2. The van der Waals surface area contributed by atoms with E-state index in [-0.39, 0.29) is 0 Å². The highest BCUT2D eigenvalue weighted by Gasteiger charge is 2.11. The van der Waals surface area contributed by atoms with Crippen LogP contribution in [-0.2, 0) is 6.54 Å². The van der Waals surface area contributed by atoms with Crippen molar-refractivity contribution >= 4 is 21.9 Å². The molecule has 0 aliphatic rings. The van der Waals surface area contributed by atoms with E-state index in [9.17, 15) is 0 Å². The zero-order chi connectivity index (χ0) is 22.1. The fourth-order valence-electron chi connectivity index (χ4n) is 4.09. The van der Waals surface area contributed by atoms with E-state index in [4.69, 9.17) is 9.72 Å². The molecule has 0 atom stereocenters. The summed E-state index contributed by atoms with van der Waals surface area (Å²) in [7, 11) is 4.17. The fourth-order valence-corrected chi connectivity index (χ4v) is 4.09. The lowest BCUT2D eigenvalue weighted by Gasteiger charge is -2.12. The number of nitrogens with zero attached hydrogens (tertiary/aromatic N) is 4. The van der Waals surface area contributed by atoms with Gasteiger partial charge in [0.25, 0.3) is 0 Å². The Bertz CT molecular complexity index is 1390. The summed E-state index contributed by atoms with van der Waals surface area (Å²) < 4.78 is 7.64. The summed E-state index contributed by atoms with van der Waals surface area (Å²) in [5.74, 6) is 1.68. The summed E-state index contributed by atoms with van der Waals surface area (Å²) in [4.78, 5) is 11.8. The van der Waals surface area contributed by atoms with E-state index in [1.807, 2.05) is 42.1 Å². The normalized spacial score (nSPS) is 11.5. The van der Waals surface area contributed by atoms with E-state index in [1.54, 1.807) is 0 Å². The second-order valence-corrected chi connectivity index (χ2v) is 8.18. The maximum atomic E-state index is 5.61. The van der Waals surface area contributed by atoms with Gasteiger partial charge in [-0.25, -0.2) is 9.97 Å². The largest absolute Gasteiger partial charge is 0.494 e. The van der Waals surface area contributed by atoms with Gasteiger partial charge in [-0.3, -0.25) is 4.57 Å². The number of hydrogen-bond donors (Lipinski definition) is 0. The van der Waals surface area contributed by atoms with Gasteiger partial charge in [-0.15, -0.1) is 0 Å². The first kappa shape index (κ1) is 20.2. The lowest BCUT2D eigenvalue weighted by molar-refractivity contribution is 0.340. The summed E-state index contributed by atoms with van der Waals surface area (Å²) in [6, 6.07) is 25.2. The Hall–Kier alpha value is -3.70. The van der Waals surface area contributed by atoms with Crippen LogP contribution in [-0.4, -0.2) is 40.1 Å². The quantitative estimate of drug-likeness (QED) is 0.352. The topological polar surface area (TPSA) is 43.2 Å². The van der Waals surface area contributed by atoms with Crippen LogP contribution in [0.4, 0.5) is 0 Å². The zero-order valence-electron chi connectivity index (χ0n) is 18.6. The Labute approximate surface area is 187 Å². The smallest absolute Gasteiger partial charge is 0.139 e. The van der Waals surface area contributed by atoms with Crippen molar-refractivity contribution in [2.75, 3.05) is 20.7 Å². The van der Waals surface area contributed by atoms with Gasteiger partial charge in [-0.1, -0.05) is 42.5 Å². The number of rotatable bonds is 6. The standard InChI is InChI=1S/C27H26N4O/c1-4-32-22-13-14-25-24(16-22)28-18-31(25)26-15-12-21-6-5-7-23(27(21)29-26)20-10-8-19(9-11-20)17-30(2)3/h5-16,18H,4,17H2,1-3H3. The van der Waals surface area contributed by atoms with Crippen molar-refractivity contribution < 1.29 is 4.74 Å². The van der Waals surface area contributed by atoms with E-state index in [0.29, 0.717) is 6.61 Å². The fraction of sp³-hybridized carbons (Fsp3) is 0.185. The number of aromatic nitrogens is 3. The lowest BCUT2D eigenvalue weighted by atomic mass is 10.0. The van der Waals surface area contributed by atoms with Gasteiger partial charge < -0.3 is 9.64 Å². The summed E-state index contributed by atoms with van der Waals surface area (Å²) in [5, 5.41) is 1.12. The van der Waals surface area contributed by atoms with E-state index >= 15 is 0 Å². The average Bonchev–Trinajstić information content (AvgIpc) is 3.22. The van der Waals surface area contributed by atoms with Gasteiger partial charge in [0.15, 0.2) is 0 Å². The third-order valence-corrected chi connectivity index (χ3v) is 5.55. The third kappa shape index (κ3) is 3.83. The van der Waals surface area contributed by atoms with Gasteiger partial charge in [-0.05, 0) is 56.4 Å². The van der Waals surface area contributed by atoms with Crippen molar-refractivity contribution in [3.8, 4) is 22.7 Å².